The summed E-state index contributed by atoms with van der Waals surface area (Å²) < 4.78 is 4.64. The van der Waals surface area contributed by atoms with E-state index in [9.17, 15) is 9.90 Å². The van der Waals surface area contributed by atoms with Crippen molar-refractivity contribution < 1.29 is 14.6 Å². The summed E-state index contributed by atoms with van der Waals surface area (Å²) in [5, 5.41) is 9.93. The second-order valence-electron chi connectivity index (χ2n) is 7.51. The predicted octanol–water partition coefficient (Wildman–Crippen LogP) is 6.56. The Bertz CT molecular complexity index is 278. The van der Waals surface area contributed by atoms with Gasteiger partial charge in [-0.1, -0.05) is 96.8 Å². The van der Waals surface area contributed by atoms with Gasteiger partial charge in [-0.3, -0.25) is 4.79 Å². The third kappa shape index (κ3) is 19.6. The van der Waals surface area contributed by atoms with Gasteiger partial charge in [-0.2, -0.15) is 0 Å². The van der Waals surface area contributed by atoms with E-state index in [-0.39, 0.29) is 12.1 Å². The lowest BCUT2D eigenvalue weighted by atomic mass is 10.0. The van der Waals surface area contributed by atoms with Gasteiger partial charge < -0.3 is 9.84 Å². The van der Waals surface area contributed by atoms with Crippen LogP contribution in [0.15, 0.2) is 0 Å². The lowest BCUT2D eigenvalue weighted by Gasteiger charge is -2.10. The third-order valence-corrected chi connectivity index (χ3v) is 5.04. The minimum Gasteiger partial charge on any atom is -0.469 e. The van der Waals surface area contributed by atoms with Gasteiger partial charge in [-0.05, 0) is 19.3 Å². The van der Waals surface area contributed by atoms with Crippen molar-refractivity contribution in [2.75, 3.05) is 7.11 Å². The maximum Gasteiger partial charge on any atom is 0.305 e. The van der Waals surface area contributed by atoms with Crippen LogP contribution in [0, 0.1) is 0 Å². The number of esters is 1. The van der Waals surface area contributed by atoms with Crippen molar-refractivity contribution in [1.82, 2.24) is 0 Å². The zero-order valence-corrected chi connectivity index (χ0v) is 17.1. The number of ether oxygens (including phenoxy) is 1. The first-order valence-corrected chi connectivity index (χ1v) is 11.0. The van der Waals surface area contributed by atoms with Crippen molar-refractivity contribution >= 4 is 5.97 Å². The van der Waals surface area contributed by atoms with E-state index >= 15 is 0 Å². The molecule has 0 spiro atoms. The Morgan fingerprint density at radius 2 is 1.12 bits per heavy atom. The molecule has 0 fully saturated rings. The molecule has 0 radical (unpaired) electrons. The van der Waals surface area contributed by atoms with Crippen LogP contribution in [0.1, 0.15) is 122 Å². The van der Waals surface area contributed by atoms with Gasteiger partial charge in [0.15, 0.2) is 0 Å². The van der Waals surface area contributed by atoms with E-state index in [1.165, 1.54) is 90.6 Å². The molecule has 0 rings (SSSR count). The monoisotopic (exact) mass is 356 g/mol. The average molecular weight is 357 g/mol. The maximum absolute atomic E-state index is 11.0. The molecule has 0 aromatic rings. The molecular formula is C22H44O3. The molecular weight excluding hydrogens is 312 g/mol. The number of hydrogen-bond donors (Lipinski definition) is 1. The average Bonchev–Trinajstić information content (AvgIpc) is 2.62. The summed E-state index contributed by atoms with van der Waals surface area (Å²) in [4.78, 5) is 11.0. The molecule has 0 aliphatic rings. The minimum atomic E-state index is -0.0796. The first-order chi connectivity index (χ1) is 12.2. The van der Waals surface area contributed by atoms with Crippen molar-refractivity contribution in [3.8, 4) is 0 Å². The number of aliphatic hydroxyl groups is 1. The largest absolute Gasteiger partial charge is 0.469 e. The van der Waals surface area contributed by atoms with Crippen LogP contribution in [0.5, 0.6) is 0 Å². The fraction of sp³-hybridized carbons (Fsp3) is 0.955. The van der Waals surface area contributed by atoms with Gasteiger partial charge in [0, 0.05) is 6.42 Å². The maximum atomic E-state index is 11.0. The van der Waals surface area contributed by atoms with Gasteiger partial charge >= 0.3 is 5.97 Å². The van der Waals surface area contributed by atoms with Crippen LogP contribution in [0.3, 0.4) is 0 Å². The van der Waals surface area contributed by atoms with Crippen molar-refractivity contribution in [2.45, 2.75) is 129 Å². The third-order valence-electron chi connectivity index (χ3n) is 5.04. The first kappa shape index (κ1) is 24.4. The number of aliphatic hydroxyl groups excluding tert-OH is 1. The second kappa shape index (κ2) is 19.8. The molecule has 1 N–H and O–H groups in total. The van der Waals surface area contributed by atoms with Gasteiger partial charge in [0.05, 0.1) is 13.2 Å². The summed E-state index contributed by atoms with van der Waals surface area (Å²) in [5.74, 6) is -0.0796. The molecule has 0 saturated heterocycles. The van der Waals surface area contributed by atoms with Gasteiger partial charge in [0.25, 0.3) is 0 Å². The minimum absolute atomic E-state index is 0.0592. The molecule has 3 heteroatoms. The van der Waals surface area contributed by atoms with Crippen LogP contribution < -0.4 is 0 Å². The van der Waals surface area contributed by atoms with Crippen molar-refractivity contribution in [3.63, 3.8) is 0 Å². The standard InChI is InChI=1S/C22H44O3/c1-3-4-5-15-18-21(23)19-16-13-11-9-7-6-8-10-12-14-17-20-22(24)25-2/h21,23H,3-20H2,1-2H3. The Kier molecular flexibility index (Phi) is 19.3. The highest BCUT2D eigenvalue weighted by Gasteiger charge is 2.03. The number of hydrogen-bond acceptors (Lipinski definition) is 3. The Hall–Kier alpha value is -0.570. The van der Waals surface area contributed by atoms with Crippen LogP contribution in [-0.2, 0) is 9.53 Å². The lowest BCUT2D eigenvalue weighted by Crippen LogP contribution is -2.05. The van der Waals surface area contributed by atoms with Crippen molar-refractivity contribution in [1.29, 1.82) is 0 Å². The molecule has 150 valence electrons. The summed E-state index contributed by atoms with van der Waals surface area (Å²) in [6.45, 7) is 2.23. The number of carbonyl (C=O) groups is 1. The summed E-state index contributed by atoms with van der Waals surface area (Å²) in [6, 6.07) is 0. The quantitative estimate of drug-likeness (QED) is 0.210. The van der Waals surface area contributed by atoms with E-state index in [0.717, 1.165) is 25.7 Å². The highest BCUT2D eigenvalue weighted by molar-refractivity contribution is 5.68. The Morgan fingerprint density at radius 3 is 1.56 bits per heavy atom. The normalized spacial score (nSPS) is 12.3. The molecule has 1 atom stereocenters. The van der Waals surface area contributed by atoms with E-state index < -0.39 is 0 Å². The van der Waals surface area contributed by atoms with Gasteiger partial charge in [-0.15, -0.1) is 0 Å². The van der Waals surface area contributed by atoms with Crippen LogP contribution >= 0.6 is 0 Å². The molecule has 0 bridgehead atoms. The van der Waals surface area contributed by atoms with E-state index in [1.54, 1.807) is 0 Å². The lowest BCUT2D eigenvalue weighted by molar-refractivity contribution is -0.140. The van der Waals surface area contributed by atoms with Gasteiger partial charge in [0.2, 0.25) is 0 Å². The van der Waals surface area contributed by atoms with Crippen LogP contribution in [0.2, 0.25) is 0 Å². The van der Waals surface area contributed by atoms with Crippen molar-refractivity contribution in [2.24, 2.45) is 0 Å². The fourth-order valence-corrected chi connectivity index (χ4v) is 3.29. The number of unbranched alkanes of at least 4 members (excludes halogenated alkanes) is 13. The summed E-state index contributed by atoms with van der Waals surface area (Å²) in [6.07, 6.45) is 21.4. The van der Waals surface area contributed by atoms with E-state index in [4.69, 9.17) is 0 Å². The molecule has 3 nitrogen and oxygen atoms in total. The van der Waals surface area contributed by atoms with Gasteiger partial charge in [0.1, 0.15) is 0 Å². The number of rotatable bonds is 19. The topological polar surface area (TPSA) is 46.5 Å². The summed E-state index contributed by atoms with van der Waals surface area (Å²) >= 11 is 0. The Balaban J connectivity index is 3.12. The molecule has 0 aliphatic heterocycles. The molecule has 0 amide bonds. The van der Waals surface area contributed by atoms with E-state index in [0.29, 0.717) is 6.42 Å². The fourth-order valence-electron chi connectivity index (χ4n) is 3.29. The van der Waals surface area contributed by atoms with E-state index in [1.807, 2.05) is 0 Å². The molecule has 0 aromatic carbocycles. The highest BCUT2D eigenvalue weighted by Crippen LogP contribution is 2.15. The summed E-state index contributed by atoms with van der Waals surface area (Å²) in [7, 11) is 1.46. The molecule has 0 heterocycles. The highest BCUT2D eigenvalue weighted by atomic mass is 16.5. The Morgan fingerprint density at radius 1 is 0.720 bits per heavy atom. The molecule has 0 saturated carbocycles. The predicted molar refractivity (Wildman–Crippen MR) is 107 cm³/mol. The molecule has 0 aliphatic carbocycles. The smallest absolute Gasteiger partial charge is 0.305 e. The SMILES string of the molecule is CCCCCCC(O)CCCCCCCCCCCCCC(=O)OC. The van der Waals surface area contributed by atoms with Gasteiger partial charge in [-0.25, -0.2) is 0 Å². The van der Waals surface area contributed by atoms with Crippen molar-refractivity contribution in [3.05, 3.63) is 0 Å². The second-order valence-corrected chi connectivity index (χ2v) is 7.51. The van der Waals surface area contributed by atoms with E-state index in [2.05, 4.69) is 11.7 Å². The zero-order valence-electron chi connectivity index (χ0n) is 17.1. The first-order valence-electron chi connectivity index (χ1n) is 11.0. The van der Waals surface area contributed by atoms with Crippen LogP contribution in [-0.4, -0.2) is 24.3 Å². The number of methoxy groups -OCH3 is 1. The number of carbonyl (C=O) groups excluding carboxylic acids is 1. The molecule has 25 heavy (non-hydrogen) atoms. The summed E-state index contributed by atoms with van der Waals surface area (Å²) in [5.41, 5.74) is 0. The molecule has 0 aromatic heterocycles. The zero-order chi connectivity index (χ0) is 18.6. The van der Waals surface area contributed by atoms with Crippen LogP contribution in [0.4, 0.5) is 0 Å². The van der Waals surface area contributed by atoms with Crippen LogP contribution in [0.25, 0.3) is 0 Å². The molecule has 1 unspecified atom stereocenters. The Labute approximate surface area is 156 Å².